The van der Waals surface area contributed by atoms with Gasteiger partial charge in [-0.2, -0.15) is 0 Å². The van der Waals surface area contributed by atoms with Gasteiger partial charge in [0.25, 0.3) is 0 Å². The number of hydrogen-bond donors (Lipinski definition) is 6. The Morgan fingerprint density at radius 3 is 2.19 bits per heavy atom. The summed E-state index contributed by atoms with van der Waals surface area (Å²) in [6.45, 7) is 7.93. The molecule has 3 aromatic carbocycles. The van der Waals surface area contributed by atoms with Gasteiger partial charge < -0.3 is 32.1 Å². The molecule has 0 radical (unpaired) electrons. The van der Waals surface area contributed by atoms with Crippen LogP contribution >= 0.6 is 0 Å². The maximum atomic E-state index is 13.7. The van der Waals surface area contributed by atoms with Gasteiger partial charge in [0.2, 0.25) is 11.8 Å². The number of carbonyl (C=O) groups excluding carboxylic acids is 2. The number of rotatable bonds is 17. The number of carbonyl (C=O) groups is 2. The van der Waals surface area contributed by atoms with Gasteiger partial charge in [-0.25, -0.2) is 12.8 Å². The summed E-state index contributed by atoms with van der Waals surface area (Å²) in [4.78, 5) is 26.7. The third-order valence-corrected chi connectivity index (χ3v) is 9.62. The van der Waals surface area contributed by atoms with Crippen LogP contribution in [0, 0.1) is 17.2 Å². The van der Waals surface area contributed by atoms with E-state index in [9.17, 15) is 27.5 Å². The van der Waals surface area contributed by atoms with Crippen LogP contribution in [0.15, 0.2) is 83.8 Å². The Morgan fingerprint density at radius 2 is 1.55 bits per heavy atom. The van der Waals surface area contributed by atoms with E-state index in [1.165, 1.54) is 24.3 Å². The zero-order chi connectivity index (χ0) is 34.6. The average Bonchev–Trinajstić information content (AvgIpc) is 2.99. The molecule has 256 valence electrons. The summed E-state index contributed by atoms with van der Waals surface area (Å²) in [5.74, 6) is -1.56. The van der Waals surface area contributed by atoms with Gasteiger partial charge in [-0.05, 0) is 71.8 Å². The summed E-state index contributed by atoms with van der Waals surface area (Å²) >= 11 is 0. The molecule has 0 spiro atoms. The van der Waals surface area contributed by atoms with Crippen LogP contribution in [-0.2, 0) is 32.4 Å². The van der Waals surface area contributed by atoms with Crippen molar-refractivity contribution in [2.45, 2.75) is 63.7 Å². The second-order valence-electron chi connectivity index (χ2n) is 13.1. The normalized spacial score (nSPS) is 14.5. The first-order valence-electron chi connectivity index (χ1n) is 15.7. The van der Waals surface area contributed by atoms with Crippen LogP contribution in [0.5, 0.6) is 0 Å². The second-order valence-corrected chi connectivity index (χ2v) is 15.1. The molecule has 0 saturated heterocycles. The first kappa shape index (κ1) is 37.6. The van der Waals surface area contributed by atoms with E-state index in [1.807, 2.05) is 51.1 Å². The van der Waals surface area contributed by atoms with Gasteiger partial charge in [0.05, 0.1) is 29.3 Å². The van der Waals surface area contributed by atoms with E-state index in [4.69, 9.17) is 5.73 Å². The van der Waals surface area contributed by atoms with Crippen LogP contribution in [0.25, 0.3) is 0 Å². The van der Waals surface area contributed by atoms with Crippen LogP contribution in [0.3, 0.4) is 0 Å². The van der Waals surface area contributed by atoms with Gasteiger partial charge in [0.1, 0.15) is 11.9 Å². The molecule has 3 aromatic rings. The van der Waals surface area contributed by atoms with E-state index < -0.39 is 45.3 Å². The smallest absolute Gasteiger partial charge is 0.243 e. The lowest BCUT2D eigenvalue weighted by atomic mass is 9.85. The second kappa shape index (κ2) is 17.4. The van der Waals surface area contributed by atoms with Gasteiger partial charge >= 0.3 is 0 Å². The fourth-order valence-corrected chi connectivity index (χ4v) is 6.71. The minimum atomic E-state index is -3.52. The van der Waals surface area contributed by atoms with Crippen molar-refractivity contribution in [1.29, 1.82) is 0 Å². The third kappa shape index (κ3) is 12.7. The van der Waals surface area contributed by atoms with E-state index in [2.05, 4.69) is 21.3 Å². The Bertz CT molecular complexity index is 1550. The Balaban J connectivity index is 1.61. The van der Waals surface area contributed by atoms with Crippen LogP contribution in [0.1, 0.15) is 38.8 Å². The van der Waals surface area contributed by atoms with Gasteiger partial charge in [0, 0.05) is 18.8 Å². The third-order valence-electron chi connectivity index (χ3n) is 7.62. The molecule has 4 atom stereocenters. The molecule has 12 heteroatoms. The topological polar surface area (TPSA) is 163 Å². The molecule has 0 fully saturated rings. The lowest BCUT2D eigenvalue weighted by Crippen LogP contribution is -2.59. The monoisotopic (exact) mass is 669 g/mol. The Kier molecular flexibility index (Phi) is 13.9. The molecule has 0 bridgehead atoms. The minimum Gasteiger partial charge on any atom is -0.399 e. The summed E-state index contributed by atoms with van der Waals surface area (Å²) in [6.07, 6.45) is -0.694. The summed E-state index contributed by atoms with van der Waals surface area (Å²) in [5, 5.41) is 23.1. The van der Waals surface area contributed by atoms with Crippen LogP contribution in [0.2, 0.25) is 0 Å². The van der Waals surface area contributed by atoms with Crippen LogP contribution in [-0.4, -0.2) is 68.9 Å². The molecule has 0 heterocycles. The van der Waals surface area contributed by atoms with Gasteiger partial charge in [-0.1, -0.05) is 70.2 Å². The SMILES string of the molecule is CC(CNCC(O)C(Cc1ccccc1)NC(=O)C(NC(=O)CNCc1cccc(F)c1)C(C)(C)C)CS(=O)(=O)c1ccc(N)cc1. The number of halogens is 1. The molecule has 4 unspecified atom stereocenters. The zero-order valence-corrected chi connectivity index (χ0v) is 28.3. The lowest BCUT2D eigenvalue weighted by molar-refractivity contribution is -0.132. The highest BCUT2D eigenvalue weighted by Gasteiger charge is 2.35. The molecule has 0 aromatic heterocycles. The highest BCUT2D eigenvalue weighted by molar-refractivity contribution is 7.91. The Hall–Kier alpha value is -3.84. The number of nitrogens with two attached hydrogens (primary N) is 1. The molecular formula is C35H48FN5O5S. The fourth-order valence-electron chi connectivity index (χ4n) is 5.10. The van der Waals surface area contributed by atoms with E-state index in [0.29, 0.717) is 24.2 Å². The van der Waals surface area contributed by atoms with Crippen molar-refractivity contribution < 1.29 is 27.5 Å². The van der Waals surface area contributed by atoms with Crippen LogP contribution < -0.4 is 27.0 Å². The number of sulfone groups is 1. The first-order chi connectivity index (χ1) is 22.1. The Labute approximate surface area is 277 Å². The lowest BCUT2D eigenvalue weighted by Gasteiger charge is -2.33. The summed E-state index contributed by atoms with van der Waals surface area (Å²) in [7, 11) is -3.52. The van der Waals surface area contributed by atoms with Crippen molar-refractivity contribution >= 4 is 27.3 Å². The van der Waals surface area contributed by atoms with E-state index in [-0.39, 0.29) is 42.0 Å². The maximum Gasteiger partial charge on any atom is 0.243 e. The predicted octanol–water partition coefficient (Wildman–Crippen LogP) is 2.82. The molecule has 0 aliphatic heterocycles. The van der Waals surface area contributed by atoms with Gasteiger partial charge in [0.15, 0.2) is 9.84 Å². The minimum absolute atomic E-state index is 0.0808. The Morgan fingerprint density at radius 1 is 0.894 bits per heavy atom. The predicted molar refractivity (Wildman–Crippen MR) is 183 cm³/mol. The van der Waals surface area contributed by atoms with E-state index in [1.54, 1.807) is 31.2 Å². The van der Waals surface area contributed by atoms with Crippen molar-refractivity contribution in [3.8, 4) is 0 Å². The number of nitrogens with one attached hydrogen (secondary N) is 4. The molecule has 2 amide bonds. The van der Waals surface area contributed by atoms with E-state index in [0.717, 1.165) is 5.56 Å². The van der Waals surface area contributed by atoms with E-state index >= 15 is 0 Å². The standard InChI is InChI=1S/C35H48FN5O5S/c1-24(23-47(45,46)29-15-13-28(37)14-16-29)19-38-21-31(42)30(18-25-9-6-5-7-10-25)40-34(44)33(35(2,3)4)41-32(43)22-39-20-26-11-8-12-27(36)17-26/h5-17,24,30-31,33,38-39,42H,18-23,37H2,1-4H3,(H,40,44)(H,41,43). The summed E-state index contributed by atoms with van der Waals surface area (Å²) in [6, 6.07) is 19.9. The average molecular weight is 670 g/mol. The largest absolute Gasteiger partial charge is 0.399 e. The van der Waals surface area contributed by atoms with Crippen molar-refractivity contribution in [3.05, 3.63) is 95.8 Å². The molecule has 3 rings (SSSR count). The number of nitrogen functional groups attached to an aromatic ring is 1. The maximum absolute atomic E-state index is 13.7. The van der Waals surface area contributed by atoms with Crippen molar-refractivity contribution in [2.75, 3.05) is 31.1 Å². The first-order valence-corrected chi connectivity index (χ1v) is 17.3. The molecule has 0 aliphatic carbocycles. The van der Waals surface area contributed by atoms with Gasteiger partial charge in [-0.15, -0.1) is 0 Å². The van der Waals surface area contributed by atoms with Crippen molar-refractivity contribution in [1.82, 2.24) is 21.3 Å². The zero-order valence-electron chi connectivity index (χ0n) is 27.5. The quantitative estimate of drug-likeness (QED) is 0.120. The van der Waals surface area contributed by atoms with Crippen molar-refractivity contribution in [2.24, 2.45) is 11.3 Å². The highest BCUT2D eigenvalue weighted by Crippen LogP contribution is 2.20. The molecule has 47 heavy (non-hydrogen) atoms. The van der Waals surface area contributed by atoms with Crippen LogP contribution in [0.4, 0.5) is 10.1 Å². The molecule has 0 aliphatic rings. The fraction of sp³-hybridized carbons (Fsp3) is 0.429. The number of aliphatic hydroxyl groups is 1. The summed E-state index contributed by atoms with van der Waals surface area (Å²) < 4.78 is 39.1. The number of aliphatic hydroxyl groups excluding tert-OH is 1. The highest BCUT2D eigenvalue weighted by atomic mass is 32.2. The van der Waals surface area contributed by atoms with Gasteiger partial charge in [-0.3, -0.25) is 9.59 Å². The number of amides is 2. The number of benzene rings is 3. The van der Waals surface area contributed by atoms with Crippen molar-refractivity contribution in [3.63, 3.8) is 0 Å². The molecule has 0 saturated carbocycles. The summed E-state index contributed by atoms with van der Waals surface area (Å²) in [5.41, 5.74) is 7.09. The molecular weight excluding hydrogens is 621 g/mol. The molecule has 10 nitrogen and oxygen atoms in total. The number of anilines is 1. The number of hydrogen-bond acceptors (Lipinski definition) is 8. The molecule has 7 N–H and O–H groups in total.